The van der Waals surface area contributed by atoms with Crippen LogP contribution in [-0.2, 0) is 19.2 Å². The Hall–Kier alpha value is -1.92. The molecule has 0 bridgehead atoms. The van der Waals surface area contributed by atoms with Gasteiger partial charge in [0.15, 0.2) is 0 Å². The topological polar surface area (TPSA) is 88.1 Å². The van der Waals surface area contributed by atoms with Crippen LogP contribution in [0.2, 0.25) is 0 Å². The number of oxime groups is 1. The quantitative estimate of drug-likeness (QED) is 0.286. The van der Waals surface area contributed by atoms with Gasteiger partial charge in [-0.15, -0.1) is 0 Å². The molecule has 0 aromatic rings. The molecule has 1 N–H and O–H groups in total. The van der Waals surface area contributed by atoms with Crippen LogP contribution in [-0.4, -0.2) is 47.5 Å². The molecule has 0 saturated carbocycles. The first-order chi connectivity index (χ1) is 11.0. The van der Waals surface area contributed by atoms with Gasteiger partial charge in [-0.25, -0.2) is 0 Å². The highest BCUT2D eigenvalue weighted by atomic mass is 16.6. The number of nitrogens with zero attached hydrogens (tertiary/aromatic N) is 2. The van der Waals surface area contributed by atoms with Gasteiger partial charge >= 0.3 is 0 Å². The first-order valence-corrected chi connectivity index (χ1v) is 8.23. The lowest BCUT2D eigenvalue weighted by Gasteiger charge is -2.16. The average Bonchev–Trinajstić information content (AvgIpc) is 2.82. The standard InChI is InChI=1S/C16H27N3O4/c1-4-5-7-13(23-18-12(2)3)16(22)17-10-6-11-19-14(20)8-9-15(19)21/h13H,4-11H2,1-3H3,(H,17,22)/t13-/m0/s1. The van der Waals surface area contributed by atoms with Gasteiger partial charge in [-0.05, 0) is 33.1 Å². The summed E-state index contributed by atoms with van der Waals surface area (Å²) in [7, 11) is 0. The smallest absolute Gasteiger partial charge is 0.263 e. The summed E-state index contributed by atoms with van der Waals surface area (Å²) in [5, 5.41) is 6.65. The van der Waals surface area contributed by atoms with E-state index in [2.05, 4.69) is 10.5 Å². The number of imide groups is 1. The van der Waals surface area contributed by atoms with E-state index >= 15 is 0 Å². The number of likely N-dealkylation sites (tertiary alicyclic amines) is 1. The third kappa shape index (κ3) is 6.80. The highest BCUT2D eigenvalue weighted by Crippen LogP contribution is 2.11. The number of amides is 3. The van der Waals surface area contributed by atoms with E-state index < -0.39 is 6.10 Å². The molecule has 0 unspecified atom stereocenters. The van der Waals surface area contributed by atoms with Crippen molar-refractivity contribution in [3.8, 4) is 0 Å². The van der Waals surface area contributed by atoms with E-state index in [-0.39, 0.29) is 17.7 Å². The van der Waals surface area contributed by atoms with E-state index in [1.807, 2.05) is 6.92 Å². The molecule has 1 saturated heterocycles. The second-order valence-electron chi connectivity index (χ2n) is 5.86. The third-order valence-electron chi connectivity index (χ3n) is 3.49. The van der Waals surface area contributed by atoms with Crippen LogP contribution in [0.4, 0.5) is 0 Å². The van der Waals surface area contributed by atoms with Gasteiger partial charge in [-0.3, -0.25) is 19.3 Å². The molecular formula is C16H27N3O4. The maximum atomic E-state index is 12.1. The van der Waals surface area contributed by atoms with Crippen molar-refractivity contribution in [2.75, 3.05) is 13.1 Å². The van der Waals surface area contributed by atoms with Crippen molar-refractivity contribution in [1.82, 2.24) is 10.2 Å². The molecule has 7 heteroatoms. The van der Waals surface area contributed by atoms with E-state index in [1.165, 1.54) is 4.90 Å². The normalized spacial score (nSPS) is 15.5. The van der Waals surface area contributed by atoms with E-state index in [1.54, 1.807) is 13.8 Å². The summed E-state index contributed by atoms with van der Waals surface area (Å²) in [6.45, 7) is 6.41. The molecule has 23 heavy (non-hydrogen) atoms. The number of hydrogen-bond acceptors (Lipinski definition) is 5. The zero-order valence-electron chi connectivity index (χ0n) is 14.3. The van der Waals surface area contributed by atoms with Crippen molar-refractivity contribution in [1.29, 1.82) is 0 Å². The minimum Gasteiger partial charge on any atom is -0.382 e. The summed E-state index contributed by atoms with van der Waals surface area (Å²) in [5.41, 5.74) is 0.755. The van der Waals surface area contributed by atoms with E-state index in [0.29, 0.717) is 38.8 Å². The molecule has 0 spiro atoms. The van der Waals surface area contributed by atoms with Crippen LogP contribution in [0, 0.1) is 0 Å². The average molecular weight is 325 g/mol. The Morgan fingerprint density at radius 3 is 2.48 bits per heavy atom. The molecule has 1 aliphatic heterocycles. The Kier molecular flexibility index (Phi) is 8.29. The predicted molar refractivity (Wildman–Crippen MR) is 86.8 cm³/mol. The van der Waals surface area contributed by atoms with Gasteiger partial charge in [0.05, 0.1) is 5.71 Å². The van der Waals surface area contributed by atoms with Crippen molar-refractivity contribution in [3.63, 3.8) is 0 Å². The van der Waals surface area contributed by atoms with Crippen LogP contribution >= 0.6 is 0 Å². The number of carbonyl (C=O) groups is 3. The zero-order valence-corrected chi connectivity index (χ0v) is 14.3. The Morgan fingerprint density at radius 1 is 1.26 bits per heavy atom. The van der Waals surface area contributed by atoms with Crippen molar-refractivity contribution in [2.45, 2.75) is 65.4 Å². The second kappa shape index (κ2) is 9.97. The second-order valence-corrected chi connectivity index (χ2v) is 5.86. The van der Waals surface area contributed by atoms with Crippen molar-refractivity contribution >= 4 is 23.4 Å². The summed E-state index contributed by atoms with van der Waals surface area (Å²) in [6.07, 6.45) is 3.01. The van der Waals surface area contributed by atoms with Gasteiger partial charge in [0, 0.05) is 25.9 Å². The lowest BCUT2D eigenvalue weighted by Crippen LogP contribution is -2.38. The van der Waals surface area contributed by atoms with Crippen LogP contribution in [0.5, 0.6) is 0 Å². The van der Waals surface area contributed by atoms with E-state index in [0.717, 1.165) is 18.6 Å². The molecule has 0 radical (unpaired) electrons. The largest absolute Gasteiger partial charge is 0.382 e. The van der Waals surface area contributed by atoms with Crippen LogP contribution in [0.3, 0.4) is 0 Å². The lowest BCUT2D eigenvalue weighted by molar-refractivity contribution is -0.138. The predicted octanol–water partition coefficient (Wildman–Crippen LogP) is 1.61. The zero-order chi connectivity index (χ0) is 17.2. The number of rotatable bonds is 10. The molecule has 1 heterocycles. The van der Waals surface area contributed by atoms with Gasteiger partial charge in [0.25, 0.3) is 5.91 Å². The maximum Gasteiger partial charge on any atom is 0.263 e. The summed E-state index contributed by atoms with van der Waals surface area (Å²) in [6, 6.07) is 0. The van der Waals surface area contributed by atoms with Crippen LogP contribution in [0.1, 0.15) is 59.3 Å². The number of unbranched alkanes of at least 4 members (excludes halogenated alkanes) is 1. The molecule has 130 valence electrons. The molecule has 3 amide bonds. The van der Waals surface area contributed by atoms with Crippen LogP contribution in [0.15, 0.2) is 5.16 Å². The summed E-state index contributed by atoms with van der Waals surface area (Å²) in [4.78, 5) is 41.6. The maximum absolute atomic E-state index is 12.1. The monoisotopic (exact) mass is 325 g/mol. The van der Waals surface area contributed by atoms with Crippen molar-refractivity contribution < 1.29 is 19.2 Å². The molecule has 1 atom stereocenters. The first-order valence-electron chi connectivity index (χ1n) is 8.23. The fourth-order valence-corrected chi connectivity index (χ4v) is 2.23. The first kappa shape index (κ1) is 19.1. The minimum absolute atomic E-state index is 0.127. The van der Waals surface area contributed by atoms with Crippen molar-refractivity contribution in [2.24, 2.45) is 5.16 Å². The fourth-order valence-electron chi connectivity index (χ4n) is 2.23. The summed E-state index contributed by atoms with van der Waals surface area (Å²) >= 11 is 0. The number of nitrogens with one attached hydrogen (secondary N) is 1. The van der Waals surface area contributed by atoms with Gasteiger partial charge in [0.1, 0.15) is 0 Å². The van der Waals surface area contributed by atoms with Crippen LogP contribution < -0.4 is 5.32 Å². The minimum atomic E-state index is -0.597. The molecule has 1 fully saturated rings. The Bertz CT molecular complexity index is 442. The van der Waals surface area contributed by atoms with Gasteiger partial charge in [-0.1, -0.05) is 18.5 Å². The fraction of sp³-hybridized carbons (Fsp3) is 0.750. The summed E-state index contributed by atoms with van der Waals surface area (Å²) < 4.78 is 0. The highest BCUT2D eigenvalue weighted by Gasteiger charge is 2.28. The summed E-state index contributed by atoms with van der Waals surface area (Å²) in [5.74, 6) is -0.459. The van der Waals surface area contributed by atoms with Crippen LogP contribution in [0.25, 0.3) is 0 Å². The number of carbonyl (C=O) groups excluding carboxylic acids is 3. The Balaban J connectivity index is 2.34. The van der Waals surface area contributed by atoms with E-state index in [9.17, 15) is 14.4 Å². The molecular weight excluding hydrogens is 298 g/mol. The molecule has 0 aliphatic carbocycles. The van der Waals surface area contributed by atoms with Gasteiger partial charge < -0.3 is 10.2 Å². The number of hydrogen-bond donors (Lipinski definition) is 1. The molecule has 1 rings (SSSR count). The van der Waals surface area contributed by atoms with Gasteiger partial charge in [0.2, 0.25) is 17.9 Å². The molecule has 0 aromatic heterocycles. The third-order valence-corrected chi connectivity index (χ3v) is 3.49. The molecule has 1 aliphatic rings. The highest BCUT2D eigenvalue weighted by molar-refractivity contribution is 6.01. The Morgan fingerprint density at radius 2 is 1.91 bits per heavy atom. The molecule has 7 nitrogen and oxygen atoms in total. The molecule has 0 aromatic carbocycles. The lowest BCUT2D eigenvalue weighted by atomic mass is 10.1. The van der Waals surface area contributed by atoms with E-state index in [4.69, 9.17) is 4.84 Å². The Labute approximate surface area is 137 Å². The van der Waals surface area contributed by atoms with Crippen molar-refractivity contribution in [3.05, 3.63) is 0 Å². The van der Waals surface area contributed by atoms with Gasteiger partial charge in [-0.2, -0.15) is 0 Å². The SMILES string of the molecule is CCCC[C@H](ON=C(C)C)C(=O)NCCCN1C(=O)CCC1=O.